The molecule has 23 heavy (non-hydrogen) atoms. The van der Waals surface area contributed by atoms with Gasteiger partial charge < -0.3 is 4.90 Å². The molecule has 0 radical (unpaired) electrons. The van der Waals surface area contributed by atoms with Gasteiger partial charge in [0.25, 0.3) is 0 Å². The molecule has 0 spiro atoms. The van der Waals surface area contributed by atoms with Crippen molar-refractivity contribution in [2.45, 2.75) is 38.5 Å². The Morgan fingerprint density at radius 2 is 1.87 bits per heavy atom. The Kier molecular flexibility index (Phi) is 4.72. The second-order valence-corrected chi connectivity index (χ2v) is 8.36. The zero-order valence-electron chi connectivity index (χ0n) is 13.5. The summed E-state index contributed by atoms with van der Waals surface area (Å²) in [6.45, 7) is 1.74. The molecule has 8 heteroatoms. The van der Waals surface area contributed by atoms with E-state index in [2.05, 4.69) is 10.2 Å². The van der Waals surface area contributed by atoms with E-state index in [9.17, 15) is 13.2 Å². The predicted octanol–water partition coefficient (Wildman–Crippen LogP) is 0.325. The number of aromatic nitrogens is 2. The van der Waals surface area contributed by atoms with Gasteiger partial charge in [0.2, 0.25) is 15.9 Å². The molecule has 7 nitrogen and oxygen atoms in total. The van der Waals surface area contributed by atoms with E-state index in [4.69, 9.17) is 0 Å². The minimum absolute atomic E-state index is 0.0886. The van der Waals surface area contributed by atoms with Crippen LogP contribution in [0.25, 0.3) is 0 Å². The van der Waals surface area contributed by atoms with E-state index in [1.54, 1.807) is 4.90 Å². The number of amides is 1. The van der Waals surface area contributed by atoms with Crippen LogP contribution in [0, 0.1) is 0 Å². The maximum Gasteiger partial charge on any atom is 0.223 e. The standard InChI is InChI=1S/C15H24N4O3S/c1-23(21,22)19-10-8-18(9-11-19)15(20)7-6-14-12-4-2-3-5-13(12)16-17-14/h2-11H2,1H3,(H,16,17). The molecule has 0 bridgehead atoms. The van der Waals surface area contributed by atoms with E-state index in [1.807, 2.05) is 0 Å². The smallest absolute Gasteiger partial charge is 0.223 e. The highest BCUT2D eigenvalue weighted by Crippen LogP contribution is 2.23. The zero-order chi connectivity index (χ0) is 16.4. The van der Waals surface area contributed by atoms with Crippen LogP contribution in [0.1, 0.15) is 36.2 Å². The first-order valence-electron chi connectivity index (χ1n) is 8.23. The summed E-state index contributed by atoms with van der Waals surface area (Å²) in [5.41, 5.74) is 3.58. The molecule has 0 saturated carbocycles. The number of aromatic amines is 1. The highest BCUT2D eigenvalue weighted by atomic mass is 32.2. The van der Waals surface area contributed by atoms with Crippen LogP contribution < -0.4 is 0 Å². The van der Waals surface area contributed by atoms with Gasteiger partial charge in [-0.15, -0.1) is 0 Å². The lowest BCUT2D eigenvalue weighted by Crippen LogP contribution is -2.50. The van der Waals surface area contributed by atoms with Gasteiger partial charge in [-0.25, -0.2) is 8.42 Å². The second-order valence-electron chi connectivity index (χ2n) is 6.38. The Hall–Kier alpha value is -1.41. The minimum atomic E-state index is -3.15. The Balaban J connectivity index is 1.52. The Bertz CT molecular complexity index is 675. The number of hydrogen-bond donors (Lipinski definition) is 1. The summed E-state index contributed by atoms with van der Waals surface area (Å²) in [5.74, 6) is 0.0886. The predicted molar refractivity (Wildman–Crippen MR) is 86.5 cm³/mol. The van der Waals surface area contributed by atoms with Crippen LogP contribution in [0.5, 0.6) is 0 Å². The molecule has 0 aromatic carbocycles. The van der Waals surface area contributed by atoms with Crippen LogP contribution in [0.15, 0.2) is 0 Å². The van der Waals surface area contributed by atoms with Crippen molar-refractivity contribution in [3.8, 4) is 0 Å². The average Bonchev–Trinajstić information content (AvgIpc) is 2.95. The summed E-state index contributed by atoms with van der Waals surface area (Å²) in [6, 6.07) is 0. The summed E-state index contributed by atoms with van der Waals surface area (Å²) in [5, 5.41) is 7.48. The number of hydrogen-bond acceptors (Lipinski definition) is 4. The quantitative estimate of drug-likeness (QED) is 0.855. The van der Waals surface area contributed by atoms with Crippen molar-refractivity contribution >= 4 is 15.9 Å². The fourth-order valence-electron chi connectivity index (χ4n) is 3.41. The Labute approximate surface area is 137 Å². The third-order valence-corrected chi connectivity index (χ3v) is 6.08. The molecule has 2 aliphatic rings. The molecule has 1 aromatic rings. The van der Waals surface area contributed by atoms with E-state index in [0.29, 0.717) is 39.0 Å². The third-order valence-electron chi connectivity index (χ3n) is 4.78. The van der Waals surface area contributed by atoms with E-state index < -0.39 is 10.0 Å². The molecule has 2 heterocycles. The number of aryl methyl sites for hydroxylation is 2. The highest BCUT2D eigenvalue weighted by molar-refractivity contribution is 7.88. The maximum atomic E-state index is 12.3. The van der Waals surface area contributed by atoms with Crippen LogP contribution in [0.4, 0.5) is 0 Å². The topological polar surface area (TPSA) is 86.4 Å². The van der Waals surface area contributed by atoms with Crippen LogP contribution in [0.3, 0.4) is 0 Å². The number of fused-ring (bicyclic) bond motifs is 1. The summed E-state index contributed by atoms with van der Waals surface area (Å²) < 4.78 is 24.4. The van der Waals surface area contributed by atoms with Crippen molar-refractivity contribution in [3.63, 3.8) is 0 Å². The van der Waals surface area contributed by atoms with Gasteiger partial charge in [0.1, 0.15) is 0 Å². The maximum absolute atomic E-state index is 12.3. The number of nitrogens with one attached hydrogen (secondary N) is 1. The van der Waals surface area contributed by atoms with E-state index in [0.717, 1.165) is 18.5 Å². The molecule has 1 fully saturated rings. The van der Waals surface area contributed by atoms with Crippen molar-refractivity contribution in [1.29, 1.82) is 0 Å². The van der Waals surface area contributed by atoms with Crippen molar-refractivity contribution in [2.24, 2.45) is 0 Å². The average molecular weight is 340 g/mol. The van der Waals surface area contributed by atoms with Crippen molar-refractivity contribution in [1.82, 2.24) is 19.4 Å². The Morgan fingerprint density at radius 1 is 1.17 bits per heavy atom. The molecule has 1 saturated heterocycles. The van der Waals surface area contributed by atoms with Gasteiger partial charge in [-0.2, -0.15) is 9.40 Å². The molecule has 1 N–H and O–H groups in total. The van der Waals surface area contributed by atoms with Gasteiger partial charge in [-0.3, -0.25) is 9.89 Å². The first kappa shape index (κ1) is 16.4. The minimum Gasteiger partial charge on any atom is -0.340 e. The van der Waals surface area contributed by atoms with Crippen LogP contribution in [0.2, 0.25) is 0 Å². The molecule has 3 rings (SSSR count). The molecule has 128 valence electrons. The van der Waals surface area contributed by atoms with Gasteiger partial charge in [0.05, 0.1) is 11.9 Å². The number of carbonyl (C=O) groups is 1. The lowest BCUT2D eigenvalue weighted by atomic mass is 9.94. The fourth-order valence-corrected chi connectivity index (χ4v) is 4.24. The molecular weight excluding hydrogens is 316 g/mol. The van der Waals surface area contributed by atoms with Gasteiger partial charge in [-0.05, 0) is 31.2 Å². The molecule has 0 unspecified atom stereocenters. The highest BCUT2D eigenvalue weighted by Gasteiger charge is 2.26. The summed E-state index contributed by atoms with van der Waals surface area (Å²) in [4.78, 5) is 14.1. The molecule has 1 aliphatic heterocycles. The van der Waals surface area contributed by atoms with E-state index >= 15 is 0 Å². The number of H-pyrrole nitrogens is 1. The first-order chi connectivity index (χ1) is 10.9. The van der Waals surface area contributed by atoms with Crippen LogP contribution in [-0.2, 0) is 34.1 Å². The molecule has 1 amide bonds. The monoisotopic (exact) mass is 340 g/mol. The molecule has 1 aromatic heterocycles. The normalized spacial score (nSPS) is 19.6. The van der Waals surface area contributed by atoms with Gasteiger partial charge in [0, 0.05) is 44.7 Å². The summed E-state index contributed by atoms with van der Waals surface area (Å²) in [6.07, 6.45) is 6.84. The van der Waals surface area contributed by atoms with Gasteiger partial charge in [0.15, 0.2) is 0 Å². The lowest BCUT2D eigenvalue weighted by molar-refractivity contribution is -0.132. The first-order valence-corrected chi connectivity index (χ1v) is 10.1. The number of rotatable bonds is 4. The third kappa shape index (κ3) is 3.74. The zero-order valence-corrected chi connectivity index (χ0v) is 14.4. The largest absolute Gasteiger partial charge is 0.340 e. The summed E-state index contributed by atoms with van der Waals surface area (Å²) in [7, 11) is -3.15. The van der Waals surface area contributed by atoms with Gasteiger partial charge >= 0.3 is 0 Å². The van der Waals surface area contributed by atoms with Crippen molar-refractivity contribution in [3.05, 3.63) is 17.0 Å². The van der Waals surface area contributed by atoms with E-state index in [-0.39, 0.29) is 5.91 Å². The van der Waals surface area contributed by atoms with Crippen molar-refractivity contribution < 1.29 is 13.2 Å². The molecule has 1 aliphatic carbocycles. The van der Waals surface area contributed by atoms with Crippen molar-refractivity contribution in [2.75, 3.05) is 32.4 Å². The summed E-state index contributed by atoms with van der Waals surface area (Å²) >= 11 is 0. The number of carbonyl (C=O) groups excluding carboxylic acids is 1. The van der Waals surface area contributed by atoms with Crippen LogP contribution >= 0.6 is 0 Å². The van der Waals surface area contributed by atoms with E-state index in [1.165, 1.54) is 34.7 Å². The SMILES string of the molecule is CS(=O)(=O)N1CCN(C(=O)CCc2n[nH]c3c2CCCC3)CC1. The van der Waals surface area contributed by atoms with Crippen LogP contribution in [-0.4, -0.2) is 66.2 Å². The van der Waals surface area contributed by atoms with Gasteiger partial charge in [-0.1, -0.05) is 0 Å². The number of sulfonamides is 1. The lowest BCUT2D eigenvalue weighted by Gasteiger charge is -2.33. The molecular formula is C15H24N4O3S. The number of nitrogens with zero attached hydrogens (tertiary/aromatic N) is 3. The second kappa shape index (κ2) is 6.60. The fraction of sp³-hybridized carbons (Fsp3) is 0.733. The molecule has 0 atom stereocenters. The Morgan fingerprint density at radius 3 is 2.57 bits per heavy atom. The number of piperazine rings is 1.